The molecule has 0 aromatic heterocycles. The first kappa shape index (κ1) is 9.70. The highest BCUT2D eigenvalue weighted by Crippen LogP contribution is 2.31. The van der Waals surface area contributed by atoms with E-state index in [4.69, 9.17) is 0 Å². The molecule has 1 aliphatic heterocycles. The van der Waals surface area contributed by atoms with Gasteiger partial charge < -0.3 is 0 Å². The van der Waals surface area contributed by atoms with Gasteiger partial charge in [0.25, 0.3) is 0 Å². The molecule has 0 radical (unpaired) electrons. The lowest BCUT2D eigenvalue weighted by molar-refractivity contribution is 0.400. The fraction of sp³-hybridized carbons (Fsp3) is 0.615. The molecule has 14 heavy (non-hydrogen) atoms. The summed E-state index contributed by atoms with van der Waals surface area (Å²) in [7, 11) is 0. The Bertz CT molecular complexity index is 278. The average molecular weight is 189 g/mol. The summed E-state index contributed by atoms with van der Waals surface area (Å²) in [5.74, 6) is 0.749. The maximum Gasteiger partial charge on any atom is 0.0397 e. The lowest BCUT2D eigenvalue weighted by Crippen LogP contribution is -2.07. The van der Waals surface area contributed by atoms with E-state index in [1.54, 1.807) is 0 Å². The molecule has 1 saturated carbocycles. The van der Waals surface area contributed by atoms with E-state index in [0.717, 1.165) is 12.3 Å². The molecule has 0 aromatic rings. The molecule has 2 aliphatic rings. The Hall–Kier alpha value is -0.850. The Morgan fingerprint density at radius 3 is 2.79 bits per heavy atom. The molecule has 0 N–H and O–H groups in total. The number of rotatable bonds is 1. The van der Waals surface area contributed by atoms with Crippen LogP contribution in [0.5, 0.6) is 0 Å². The molecule has 0 amide bonds. The monoisotopic (exact) mass is 189 g/mol. The molecule has 2 rings (SSSR count). The second kappa shape index (κ2) is 4.59. The zero-order valence-electron chi connectivity index (χ0n) is 9.00. The minimum absolute atomic E-state index is 0.749. The minimum Gasteiger partial charge on any atom is -0.261 e. The van der Waals surface area contributed by atoms with Crippen molar-refractivity contribution in [2.45, 2.75) is 45.4 Å². The van der Waals surface area contributed by atoms with Crippen molar-refractivity contribution in [1.82, 2.24) is 0 Å². The first-order valence-corrected chi connectivity index (χ1v) is 5.76. The SMILES string of the molecule is CC1=CC=NC(C2CCCCC2)=CC1. The summed E-state index contributed by atoms with van der Waals surface area (Å²) >= 11 is 0. The Labute approximate surface area is 86.6 Å². The highest BCUT2D eigenvalue weighted by Gasteiger charge is 2.17. The third-order valence-electron chi connectivity index (χ3n) is 3.24. The summed E-state index contributed by atoms with van der Waals surface area (Å²) in [5, 5.41) is 0. The molecule has 0 aromatic carbocycles. The van der Waals surface area contributed by atoms with Crippen molar-refractivity contribution in [3.63, 3.8) is 0 Å². The summed E-state index contributed by atoms with van der Waals surface area (Å²) in [4.78, 5) is 4.56. The van der Waals surface area contributed by atoms with E-state index in [1.165, 1.54) is 43.4 Å². The Morgan fingerprint density at radius 2 is 2.00 bits per heavy atom. The summed E-state index contributed by atoms with van der Waals surface area (Å²) in [6.45, 7) is 2.17. The van der Waals surface area contributed by atoms with Crippen LogP contribution >= 0.6 is 0 Å². The summed E-state index contributed by atoms with van der Waals surface area (Å²) in [6.07, 6.45) is 14.4. The van der Waals surface area contributed by atoms with Crippen LogP contribution in [0.25, 0.3) is 0 Å². The lowest BCUT2D eigenvalue weighted by Gasteiger charge is -2.21. The van der Waals surface area contributed by atoms with Gasteiger partial charge in [-0.1, -0.05) is 30.9 Å². The van der Waals surface area contributed by atoms with Crippen molar-refractivity contribution in [3.8, 4) is 0 Å². The topological polar surface area (TPSA) is 12.4 Å². The van der Waals surface area contributed by atoms with Crippen LogP contribution in [0.4, 0.5) is 0 Å². The van der Waals surface area contributed by atoms with Gasteiger partial charge >= 0.3 is 0 Å². The van der Waals surface area contributed by atoms with E-state index >= 15 is 0 Å². The molecule has 0 saturated heterocycles. The van der Waals surface area contributed by atoms with E-state index in [-0.39, 0.29) is 0 Å². The van der Waals surface area contributed by atoms with Gasteiger partial charge in [-0.2, -0.15) is 0 Å². The zero-order chi connectivity index (χ0) is 9.80. The standard InChI is InChI=1S/C13H19N/c1-11-7-8-13(14-10-9-11)12-5-3-2-4-6-12/h8-10,12H,2-7H2,1H3. The van der Waals surface area contributed by atoms with Crippen LogP contribution < -0.4 is 0 Å². The first-order chi connectivity index (χ1) is 6.86. The van der Waals surface area contributed by atoms with Crippen LogP contribution in [0.1, 0.15) is 45.4 Å². The van der Waals surface area contributed by atoms with Gasteiger partial charge in [0.1, 0.15) is 0 Å². The molecule has 1 nitrogen and oxygen atoms in total. The molecule has 0 unspecified atom stereocenters. The highest BCUT2D eigenvalue weighted by atomic mass is 14.7. The van der Waals surface area contributed by atoms with Gasteiger partial charge in [0.2, 0.25) is 0 Å². The largest absolute Gasteiger partial charge is 0.261 e. The van der Waals surface area contributed by atoms with Crippen LogP contribution in [0.3, 0.4) is 0 Å². The second-order valence-electron chi connectivity index (χ2n) is 4.46. The number of nitrogens with zero attached hydrogens (tertiary/aromatic N) is 1. The van der Waals surface area contributed by atoms with Gasteiger partial charge in [-0.05, 0) is 32.3 Å². The van der Waals surface area contributed by atoms with Crippen LogP contribution in [-0.2, 0) is 0 Å². The smallest absolute Gasteiger partial charge is 0.0397 e. The van der Waals surface area contributed by atoms with Gasteiger partial charge in [0, 0.05) is 17.8 Å². The van der Waals surface area contributed by atoms with Gasteiger partial charge in [0.15, 0.2) is 0 Å². The van der Waals surface area contributed by atoms with Gasteiger partial charge in [-0.15, -0.1) is 0 Å². The first-order valence-electron chi connectivity index (χ1n) is 5.76. The number of hydrogen-bond donors (Lipinski definition) is 0. The number of allylic oxidation sites excluding steroid dienone is 4. The molecular formula is C13H19N. The van der Waals surface area contributed by atoms with E-state index in [2.05, 4.69) is 24.1 Å². The van der Waals surface area contributed by atoms with Crippen molar-refractivity contribution in [2.75, 3.05) is 0 Å². The molecule has 0 spiro atoms. The van der Waals surface area contributed by atoms with E-state index in [1.807, 2.05) is 6.21 Å². The predicted molar refractivity (Wildman–Crippen MR) is 61.5 cm³/mol. The Kier molecular flexibility index (Phi) is 3.18. The van der Waals surface area contributed by atoms with Crippen LogP contribution in [0.15, 0.2) is 28.4 Å². The van der Waals surface area contributed by atoms with Crippen LogP contribution in [-0.4, -0.2) is 6.21 Å². The number of aliphatic imine (C=N–C) groups is 1. The van der Waals surface area contributed by atoms with Gasteiger partial charge in [-0.3, -0.25) is 4.99 Å². The van der Waals surface area contributed by atoms with Crippen molar-refractivity contribution in [1.29, 1.82) is 0 Å². The molecule has 1 heterocycles. The molecule has 1 aliphatic carbocycles. The Balaban J connectivity index is 2.03. The second-order valence-corrected chi connectivity index (χ2v) is 4.46. The van der Waals surface area contributed by atoms with Crippen molar-refractivity contribution in [2.24, 2.45) is 10.9 Å². The van der Waals surface area contributed by atoms with E-state index in [9.17, 15) is 0 Å². The van der Waals surface area contributed by atoms with Crippen LogP contribution in [0, 0.1) is 5.92 Å². The fourth-order valence-corrected chi connectivity index (χ4v) is 2.31. The third kappa shape index (κ3) is 2.34. The fourth-order valence-electron chi connectivity index (χ4n) is 2.31. The quantitative estimate of drug-likeness (QED) is 0.593. The summed E-state index contributed by atoms with van der Waals surface area (Å²) in [5.41, 5.74) is 2.76. The molecular weight excluding hydrogens is 170 g/mol. The highest BCUT2D eigenvalue weighted by molar-refractivity contribution is 5.73. The van der Waals surface area contributed by atoms with E-state index in [0.29, 0.717) is 0 Å². The maximum absolute atomic E-state index is 4.56. The molecule has 0 atom stereocenters. The van der Waals surface area contributed by atoms with Crippen LogP contribution in [0.2, 0.25) is 0 Å². The molecule has 1 fully saturated rings. The molecule has 0 bridgehead atoms. The van der Waals surface area contributed by atoms with Gasteiger partial charge in [-0.25, -0.2) is 0 Å². The minimum atomic E-state index is 0.749. The Morgan fingerprint density at radius 1 is 1.21 bits per heavy atom. The van der Waals surface area contributed by atoms with Crippen molar-refractivity contribution < 1.29 is 0 Å². The molecule has 1 heteroatoms. The van der Waals surface area contributed by atoms with E-state index < -0.39 is 0 Å². The predicted octanol–water partition coefficient (Wildman–Crippen LogP) is 3.87. The maximum atomic E-state index is 4.56. The average Bonchev–Trinajstić information content (AvgIpc) is 2.44. The van der Waals surface area contributed by atoms with Crippen molar-refractivity contribution >= 4 is 6.21 Å². The summed E-state index contributed by atoms with van der Waals surface area (Å²) < 4.78 is 0. The van der Waals surface area contributed by atoms with Crippen molar-refractivity contribution in [3.05, 3.63) is 23.4 Å². The normalized spacial score (nSPS) is 24.1. The van der Waals surface area contributed by atoms with Gasteiger partial charge in [0.05, 0.1) is 0 Å². The lowest BCUT2D eigenvalue weighted by atomic mass is 9.86. The molecule has 76 valence electrons. The zero-order valence-corrected chi connectivity index (χ0v) is 9.00. The third-order valence-corrected chi connectivity index (χ3v) is 3.24. The summed E-state index contributed by atoms with van der Waals surface area (Å²) in [6, 6.07) is 0. The number of hydrogen-bond acceptors (Lipinski definition) is 1.